The first-order valence-electron chi connectivity index (χ1n) is 8.50. The van der Waals surface area contributed by atoms with Crippen molar-refractivity contribution < 1.29 is 18.7 Å². The van der Waals surface area contributed by atoms with E-state index in [0.29, 0.717) is 33.0 Å². The van der Waals surface area contributed by atoms with Crippen molar-refractivity contribution in [3.63, 3.8) is 0 Å². The number of nitrogens with one attached hydrogen (secondary N) is 1. The van der Waals surface area contributed by atoms with Gasteiger partial charge in [0.05, 0.1) is 34.9 Å². The highest BCUT2D eigenvalue weighted by Crippen LogP contribution is 2.33. The summed E-state index contributed by atoms with van der Waals surface area (Å²) in [4.78, 5) is 25.6. The van der Waals surface area contributed by atoms with E-state index in [1.165, 1.54) is 18.4 Å². The zero-order chi connectivity index (χ0) is 19.8. The molecule has 0 spiro atoms. The Labute approximate surface area is 164 Å². The second-order valence-electron chi connectivity index (χ2n) is 6.26. The zero-order valence-corrected chi connectivity index (χ0v) is 16.3. The van der Waals surface area contributed by atoms with Crippen LogP contribution in [0.3, 0.4) is 0 Å². The number of carbonyl (C=O) groups is 1. The average Bonchev–Trinajstić information content (AvgIpc) is 3.15. The molecule has 0 saturated heterocycles. The third-order valence-electron chi connectivity index (χ3n) is 4.41. The molecule has 2 aromatic heterocycles. The van der Waals surface area contributed by atoms with Crippen LogP contribution >= 0.6 is 11.3 Å². The fraction of sp³-hybridized carbons (Fsp3) is 0.143. The molecule has 6 nitrogen and oxygen atoms in total. The SMILES string of the molecule is COc1ccc(OC)c(NC(=O)c2cc3c(=O)oc4ccc(C)cc4c3s2)c1. The second-order valence-corrected chi connectivity index (χ2v) is 7.32. The zero-order valence-electron chi connectivity index (χ0n) is 15.5. The summed E-state index contributed by atoms with van der Waals surface area (Å²) in [5.41, 5.74) is 1.58. The van der Waals surface area contributed by atoms with Gasteiger partial charge in [-0.3, -0.25) is 4.79 Å². The lowest BCUT2D eigenvalue weighted by atomic mass is 10.1. The van der Waals surface area contributed by atoms with Gasteiger partial charge < -0.3 is 19.2 Å². The third kappa shape index (κ3) is 3.10. The number of anilines is 1. The molecule has 4 rings (SSSR count). The highest BCUT2D eigenvalue weighted by Gasteiger charge is 2.17. The smallest absolute Gasteiger partial charge is 0.345 e. The van der Waals surface area contributed by atoms with Crippen molar-refractivity contribution in [2.24, 2.45) is 0 Å². The Morgan fingerprint density at radius 2 is 1.86 bits per heavy atom. The summed E-state index contributed by atoms with van der Waals surface area (Å²) in [5, 5.41) is 4.04. The van der Waals surface area contributed by atoms with Gasteiger partial charge in [-0.2, -0.15) is 0 Å². The van der Waals surface area contributed by atoms with Gasteiger partial charge in [-0.1, -0.05) is 11.6 Å². The van der Waals surface area contributed by atoms with Crippen LogP contribution in [-0.2, 0) is 0 Å². The van der Waals surface area contributed by atoms with E-state index < -0.39 is 5.63 Å². The summed E-state index contributed by atoms with van der Waals surface area (Å²) < 4.78 is 16.6. The normalized spacial score (nSPS) is 11.0. The largest absolute Gasteiger partial charge is 0.497 e. The van der Waals surface area contributed by atoms with Gasteiger partial charge in [0, 0.05) is 11.5 Å². The van der Waals surface area contributed by atoms with Crippen molar-refractivity contribution in [2.45, 2.75) is 6.92 Å². The topological polar surface area (TPSA) is 77.8 Å². The number of ether oxygens (including phenoxy) is 2. The number of carbonyl (C=O) groups excluding carboxylic acids is 1. The molecule has 2 heterocycles. The number of amides is 1. The Balaban J connectivity index is 1.78. The molecule has 0 fully saturated rings. The predicted molar refractivity (Wildman–Crippen MR) is 110 cm³/mol. The fourth-order valence-electron chi connectivity index (χ4n) is 3.02. The maximum Gasteiger partial charge on any atom is 0.345 e. The second kappa shape index (κ2) is 7.01. The molecule has 0 aliphatic carbocycles. The minimum Gasteiger partial charge on any atom is -0.497 e. The molecule has 0 aliphatic rings. The summed E-state index contributed by atoms with van der Waals surface area (Å²) >= 11 is 1.26. The monoisotopic (exact) mass is 395 g/mol. The van der Waals surface area contributed by atoms with Crippen molar-refractivity contribution in [1.82, 2.24) is 0 Å². The maximum absolute atomic E-state index is 12.8. The van der Waals surface area contributed by atoms with Crippen LogP contribution in [0.15, 0.2) is 51.7 Å². The van der Waals surface area contributed by atoms with E-state index in [9.17, 15) is 9.59 Å². The molecule has 142 valence electrons. The number of fused-ring (bicyclic) bond motifs is 3. The van der Waals surface area contributed by atoms with Crippen LogP contribution in [0, 0.1) is 6.92 Å². The van der Waals surface area contributed by atoms with E-state index in [1.807, 2.05) is 19.1 Å². The van der Waals surface area contributed by atoms with Gasteiger partial charge in [-0.15, -0.1) is 11.3 Å². The summed E-state index contributed by atoms with van der Waals surface area (Å²) in [6, 6.07) is 12.3. The quantitative estimate of drug-likeness (QED) is 0.512. The molecule has 0 radical (unpaired) electrons. The van der Waals surface area contributed by atoms with Crippen LogP contribution in [0.1, 0.15) is 15.2 Å². The molecule has 4 aromatic rings. The molecule has 0 atom stereocenters. The molecule has 7 heteroatoms. The summed E-state index contributed by atoms with van der Waals surface area (Å²) in [6.07, 6.45) is 0. The molecule has 1 amide bonds. The lowest BCUT2D eigenvalue weighted by Crippen LogP contribution is -2.11. The number of hydrogen-bond donors (Lipinski definition) is 1. The summed E-state index contributed by atoms with van der Waals surface area (Å²) in [7, 11) is 3.07. The Morgan fingerprint density at radius 1 is 1.04 bits per heavy atom. The Kier molecular flexibility index (Phi) is 4.52. The molecule has 2 aromatic carbocycles. The molecular formula is C21H17NO5S. The minimum atomic E-state index is -0.458. The van der Waals surface area contributed by atoms with Crippen molar-refractivity contribution in [1.29, 1.82) is 0 Å². The summed E-state index contributed by atoms with van der Waals surface area (Å²) in [6.45, 7) is 1.96. The molecule has 0 bridgehead atoms. The number of thiophene rings is 1. The van der Waals surface area contributed by atoms with Gasteiger partial charge in [0.15, 0.2) is 0 Å². The van der Waals surface area contributed by atoms with Crippen molar-refractivity contribution in [3.05, 3.63) is 63.3 Å². The van der Waals surface area contributed by atoms with E-state index in [4.69, 9.17) is 13.9 Å². The average molecular weight is 395 g/mol. The van der Waals surface area contributed by atoms with Crippen LogP contribution < -0.4 is 20.4 Å². The van der Waals surface area contributed by atoms with Gasteiger partial charge in [0.2, 0.25) is 0 Å². The molecule has 1 N–H and O–H groups in total. The predicted octanol–water partition coefficient (Wildman–Crippen LogP) is 4.59. The van der Waals surface area contributed by atoms with Crippen molar-refractivity contribution in [2.75, 3.05) is 19.5 Å². The van der Waals surface area contributed by atoms with Crippen LogP contribution in [0.5, 0.6) is 11.5 Å². The number of methoxy groups -OCH3 is 2. The maximum atomic E-state index is 12.8. The van der Waals surface area contributed by atoms with Gasteiger partial charge in [0.25, 0.3) is 5.91 Å². The van der Waals surface area contributed by atoms with Crippen molar-refractivity contribution in [3.8, 4) is 11.5 Å². The third-order valence-corrected chi connectivity index (χ3v) is 5.58. The number of aryl methyl sites for hydroxylation is 1. The van der Waals surface area contributed by atoms with E-state index >= 15 is 0 Å². The summed E-state index contributed by atoms with van der Waals surface area (Å²) in [5.74, 6) is 0.762. The van der Waals surface area contributed by atoms with Crippen LogP contribution in [-0.4, -0.2) is 20.1 Å². The Bertz CT molecular complexity index is 1270. The highest BCUT2D eigenvalue weighted by atomic mass is 32.1. The lowest BCUT2D eigenvalue weighted by Gasteiger charge is -2.11. The van der Waals surface area contributed by atoms with Gasteiger partial charge >= 0.3 is 5.63 Å². The minimum absolute atomic E-state index is 0.340. The first-order chi connectivity index (χ1) is 13.5. The van der Waals surface area contributed by atoms with Gasteiger partial charge in [-0.25, -0.2) is 4.79 Å². The fourth-order valence-corrected chi connectivity index (χ4v) is 4.08. The van der Waals surface area contributed by atoms with E-state index in [2.05, 4.69) is 5.32 Å². The van der Waals surface area contributed by atoms with Crippen LogP contribution in [0.25, 0.3) is 21.1 Å². The Morgan fingerprint density at radius 3 is 2.61 bits per heavy atom. The highest BCUT2D eigenvalue weighted by molar-refractivity contribution is 7.21. The van der Waals surface area contributed by atoms with E-state index in [1.54, 1.807) is 37.4 Å². The van der Waals surface area contributed by atoms with E-state index in [-0.39, 0.29) is 5.91 Å². The first-order valence-corrected chi connectivity index (χ1v) is 9.32. The molecule has 0 unspecified atom stereocenters. The number of hydrogen-bond acceptors (Lipinski definition) is 6. The molecule has 28 heavy (non-hydrogen) atoms. The van der Waals surface area contributed by atoms with Gasteiger partial charge in [-0.05, 0) is 37.3 Å². The number of rotatable bonds is 4. The van der Waals surface area contributed by atoms with Gasteiger partial charge in [0.1, 0.15) is 17.1 Å². The standard InChI is InChI=1S/C21H17NO5S/c1-11-4-6-16-13(8-11)19-14(21(24)27-16)10-18(28-19)20(23)22-15-9-12(25-2)5-7-17(15)26-3/h4-10H,1-3H3,(H,22,23). The van der Waals surface area contributed by atoms with Crippen molar-refractivity contribution >= 4 is 44.0 Å². The first kappa shape index (κ1) is 18.1. The number of benzene rings is 2. The van der Waals surface area contributed by atoms with Crippen LogP contribution in [0.2, 0.25) is 0 Å². The van der Waals surface area contributed by atoms with E-state index in [0.717, 1.165) is 15.6 Å². The molecular weight excluding hydrogens is 378 g/mol. The molecule has 0 aliphatic heterocycles. The van der Waals surface area contributed by atoms with Crippen LogP contribution in [0.4, 0.5) is 5.69 Å². The lowest BCUT2D eigenvalue weighted by molar-refractivity contribution is 0.103. The Hall–Kier alpha value is -3.32. The molecule has 0 saturated carbocycles.